The SMILES string of the molecule is CCOc1cccc(CC2CCC(F)(F)CC2)c1C(=O)O. The fourth-order valence-corrected chi connectivity index (χ4v) is 2.88. The Balaban J connectivity index is 2.16. The van der Waals surface area contributed by atoms with Crippen LogP contribution in [0.2, 0.25) is 0 Å². The zero-order valence-corrected chi connectivity index (χ0v) is 12.1. The van der Waals surface area contributed by atoms with E-state index >= 15 is 0 Å². The Morgan fingerprint density at radius 1 is 1.38 bits per heavy atom. The molecule has 0 amide bonds. The van der Waals surface area contributed by atoms with Crippen molar-refractivity contribution in [3.8, 4) is 5.75 Å². The minimum Gasteiger partial charge on any atom is -0.493 e. The predicted octanol–water partition coefficient (Wildman–Crippen LogP) is 4.15. The molecule has 1 fully saturated rings. The van der Waals surface area contributed by atoms with Crippen LogP contribution in [-0.2, 0) is 6.42 Å². The molecule has 1 aliphatic rings. The fourth-order valence-electron chi connectivity index (χ4n) is 2.88. The predicted molar refractivity (Wildman–Crippen MR) is 75.2 cm³/mol. The molecule has 1 aromatic rings. The summed E-state index contributed by atoms with van der Waals surface area (Å²) in [5.74, 6) is -3.13. The average molecular weight is 298 g/mol. The maximum atomic E-state index is 13.2. The van der Waals surface area contributed by atoms with Crippen molar-refractivity contribution in [3.63, 3.8) is 0 Å². The first-order valence-electron chi connectivity index (χ1n) is 7.29. The molecule has 0 spiro atoms. The van der Waals surface area contributed by atoms with Crippen molar-refractivity contribution >= 4 is 5.97 Å². The molecule has 1 aromatic carbocycles. The van der Waals surface area contributed by atoms with E-state index in [1.165, 1.54) is 0 Å². The van der Waals surface area contributed by atoms with Crippen molar-refractivity contribution < 1.29 is 23.4 Å². The van der Waals surface area contributed by atoms with Gasteiger partial charge in [0.2, 0.25) is 5.92 Å². The van der Waals surface area contributed by atoms with Gasteiger partial charge in [0.15, 0.2) is 0 Å². The van der Waals surface area contributed by atoms with Crippen LogP contribution in [0, 0.1) is 5.92 Å². The highest BCUT2D eigenvalue weighted by molar-refractivity contribution is 5.92. The summed E-state index contributed by atoms with van der Waals surface area (Å²) >= 11 is 0. The van der Waals surface area contributed by atoms with Crippen LogP contribution in [0.15, 0.2) is 18.2 Å². The van der Waals surface area contributed by atoms with Crippen LogP contribution in [0.25, 0.3) is 0 Å². The molecule has 0 atom stereocenters. The maximum Gasteiger partial charge on any atom is 0.339 e. The quantitative estimate of drug-likeness (QED) is 0.888. The van der Waals surface area contributed by atoms with E-state index < -0.39 is 11.9 Å². The molecule has 0 heterocycles. The number of halogens is 2. The molecule has 1 N–H and O–H groups in total. The Morgan fingerprint density at radius 2 is 2.05 bits per heavy atom. The van der Waals surface area contributed by atoms with Gasteiger partial charge >= 0.3 is 5.97 Å². The molecule has 21 heavy (non-hydrogen) atoms. The van der Waals surface area contributed by atoms with Gasteiger partial charge in [0.1, 0.15) is 11.3 Å². The van der Waals surface area contributed by atoms with Gasteiger partial charge in [0.05, 0.1) is 6.61 Å². The van der Waals surface area contributed by atoms with E-state index in [9.17, 15) is 18.7 Å². The number of carboxylic acids is 1. The van der Waals surface area contributed by atoms with Crippen molar-refractivity contribution in [3.05, 3.63) is 29.3 Å². The summed E-state index contributed by atoms with van der Waals surface area (Å²) in [6, 6.07) is 5.13. The van der Waals surface area contributed by atoms with Crippen LogP contribution in [-0.4, -0.2) is 23.6 Å². The second-order valence-corrected chi connectivity index (χ2v) is 5.53. The van der Waals surface area contributed by atoms with Gasteiger partial charge in [-0.05, 0) is 43.7 Å². The molecular formula is C16H20F2O3. The van der Waals surface area contributed by atoms with Gasteiger partial charge in [-0.2, -0.15) is 0 Å². The van der Waals surface area contributed by atoms with E-state index in [2.05, 4.69) is 0 Å². The first kappa shape index (κ1) is 15.7. The highest BCUT2D eigenvalue weighted by atomic mass is 19.3. The van der Waals surface area contributed by atoms with E-state index in [4.69, 9.17) is 4.74 Å². The van der Waals surface area contributed by atoms with E-state index in [0.717, 1.165) is 0 Å². The lowest BCUT2D eigenvalue weighted by atomic mass is 9.82. The van der Waals surface area contributed by atoms with Crippen LogP contribution in [0.3, 0.4) is 0 Å². The lowest BCUT2D eigenvalue weighted by molar-refractivity contribution is -0.0456. The highest BCUT2D eigenvalue weighted by Gasteiger charge is 2.35. The van der Waals surface area contributed by atoms with Crippen LogP contribution >= 0.6 is 0 Å². The number of carboxylic acid groups (broad SMARTS) is 1. The molecule has 0 unspecified atom stereocenters. The van der Waals surface area contributed by atoms with Gasteiger partial charge in [-0.3, -0.25) is 0 Å². The van der Waals surface area contributed by atoms with Gasteiger partial charge in [-0.25, -0.2) is 13.6 Å². The monoisotopic (exact) mass is 298 g/mol. The van der Waals surface area contributed by atoms with E-state index in [-0.39, 0.29) is 24.3 Å². The summed E-state index contributed by atoms with van der Waals surface area (Å²) in [5.41, 5.74) is 0.834. The summed E-state index contributed by atoms with van der Waals surface area (Å²) in [4.78, 5) is 11.5. The average Bonchev–Trinajstić information content (AvgIpc) is 2.41. The Morgan fingerprint density at radius 3 is 2.62 bits per heavy atom. The van der Waals surface area contributed by atoms with E-state index in [1.807, 2.05) is 0 Å². The fraction of sp³-hybridized carbons (Fsp3) is 0.562. The van der Waals surface area contributed by atoms with Crippen molar-refractivity contribution in [1.29, 1.82) is 0 Å². The highest BCUT2D eigenvalue weighted by Crippen LogP contribution is 2.38. The molecular weight excluding hydrogens is 278 g/mol. The van der Waals surface area contributed by atoms with Gasteiger partial charge in [-0.15, -0.1) is 0 Å². The third kappa shape index (κ3) is 3.93. The van der Waals surface area contributed by atoms with Crippen molar-refractivity contribution in [2.24, 2.45) is 5.92 Å². The first-order chi connectivity index (χ1) is 9.93. The minimum atomic E-state index is -2.56. The number of aromatic carboxylic acids is 1. The molecule has 1 aliphatic carbocycles. The number of carbonyl (C=O) groups is 1. The van der Waals surface area contributed by atoms with Gasteiger partial charge < -0.3 is 9.84 Å². The minimum absolute atomic E-state index is 0.106. The van der Waals surface area contributed by atoms with Crippen molar-refractivity contribution in [2.75, 3.05) is 6.61 Å². The molecule has 2 rings (SSSR count). The molecule has 5 heteroatoms. The summed E-state index contributed by atoms with van der Waals surface area (Å²) in [6.45, 7) is 2.18. The number of ether oxygens (including phenoxy) is 1. The van der Waals surface area contributed by atoms with Crippen molar-refractivity contribution in [1.82, 2.24) is 0 Å². The molecule has 1 saturated carbocycles. The van der Waals surface area contributed by atoms with Crippen LogP contribution in [0.5, 0.6) is 5.75 Å². The lowest BCUT2D eigenvalue weighted by Gasteiger charge is -2.28. The number of alkyl halides is 2. The Labute approximate surface area is 122 Å². The summed E-state index contributed by atoms with van der Waals surface area (Å²) < 4.78 is 31.7. The Hall–Kier alpha value is -1.65. The van der Waals surface area contributed by atoms with Gasteiger partial charge in [-0.1, -0.05) is 12.1 Å². The molecule has 116 valence electrons. The summed E-state index contributed by atoms with van der Waals surface area (Å²) in [5, 5.41) is 9.39. The maximum absolute atomic E-state index is 13.2. The van der Waals surface area contributed by atoms with E-state index in [1.54, 1.807) is 25.1 Å². The molecule has 0 radical (unpaired) electrons. The van der Waals surface area contributed by atoms with Gasteiger partial charge in [0, 0.05) is 12.8 Å². The zero-order chi connectivity index (χ0) is 15.5. The van der Waals surface area contributed by atoms with Crippen LogP contribution < -0.4 is 4.74 Å². The molecule has 0 saturated heterocycles. The second kappa shape index (κ2) is 6.41. The van der Waals surface area contributed by atoms with Crippen LogP contribution in [0.1, 0.15) is 48.5 Å². The van der Waals surface area contributed by atoms with Crippen LogP contribution in [0.4, 0.5) is 8.78 Å². The number of benzene rings is 1. The zero-order valence-electron chi connectivity index (χ0n) is 12.1. The molecule has 3 nitrogen and oxygen atoms in total. The smallest absolute Gasteiger partial charge is 0.339 e. The van der Waals surface area contributed by atoms with E-state index in [0.29, 0.717) is 37.2 Å². The third-order valence-electron chi connectivity index (χ3n) is 3.97. The number of hydrogen-bond donors (Lipinski definition) is 1. The van der Waals surface area contributed by atoms with Crippen molar-refractivity contribution in [2.45, 2.75) is 45.0 Å². The summed E-state index contributed by atoms with van der Waals surface area (Å²) in [6.07, 6.45) is 1.17. The number of hydrogen-bond acceptors (Lipinski definition) is 2. The Bertz CT molecular complexity index is 504. The normalized spacial score (nSPS) is 18.4. The third-order valence-corrected chi connectivity index (χ3v) is 3.97. The molecule has 0 bridgehead atoms. The van der Waals surface area contributed by atoms with Gasteiger partial charge in [0.25, 0.3) is 0 Å². The second-order valence-electron chi connectivity index (χ2n) is 5.53. The summed E-state index contributed by atoms with van der Waals surface area (Å²) in [7, 11) is 0. The molecule has 0 aromatic heterocycles. The topological polar surface area (TPSA) is 46.5 Å². The number of rotatable bonds is 5. The standard InChI is InChI=1S/C16H20F2O3/c1-2-21-13-5-3-4-12(14(13)15(19)20)10-11-6-8-16(17,18)9-7-11/h3-5,11H,2,6-10H2,1H3,(H,19,20). The first-order valence-corrected chi connectivity index (χ1v) is 7.29. The lowest BCUT2D eigenvalue weighted by Crippen LogP contribution is -2.26. The Kier molecular flexibility index (Phi) is 4.80. The molecule has 0 aliphatic heterocycles. The largest absolute Gasteiger partial charge is 0.493 e.